The molecule has 3 nitrogen and oxygen atoms in total. The van der Waals surface area contributed by atoms with E-state index in [9.17, 15) is 0 Å². The van der Waals surface area contributed by atoms with Gasteiger partial charge in [0.05, 0.1) is 11.2 Å². The number of pyridine rings is 1. The number of nitrogens with one attached hydrogen (secondary N) is 1. The Bertz CT molecular complexity index is 304. The van der Waals surface area contributed by atoms with Crippen molar-refractivity contribution in [3.63, 3.8) is 0 Å². The van der Waals surface area contributed by atoms with Gasteiger partial charge in [-0.25, -0.2) is 0 Å². The molecule has 1 aromatic heterocycles. The topological polar surface area (TPSA) is 34.1 Å². The summed E-state index contributed by atoms with van der Waals surface area (Å²) in [5.41, 5.74) is 0. The maximum Gasteiger partial charge on any atom is 0.139 e. The van der Waals surface area contributed by atoms with Gasteiger partial charge in [-0.2, -0.15) is 0 Å². The van der Waals surface area contributed by atoms with E-state index in [1.165, 1.54) is 0 Å². The molecule has 0 radical (unpaired) electrons. The maximum absolute atomic E-state index is 5.80. The highest BCUT2D eigenvalue weighted by Gasteiger charge is 2.05. The molecule has 1 heterocycles. The number of halogens is 1. The summed E-state index contributed by atoms with van der Waals surface area (Å²) in [5.74, 6) is 0.709. The molecule has 0 aliphatic heterocycles. The molecule has 0 aromatic carbocycles. The van der Waals surface area contributed by atoms with Gasteiger partial charge in [0.1, 0.15) is 11.9 Å². The van der Waals surface area contributed by atoms with Crippen LogP contribution in [0.3, 0.4) is 0 Å². The average molecular weight is 229 g/mol. The fourth-order valence-electron chi connectivity index (χ4n) is 1.13. The first-order valence-corrected chi connectivity index (χ1v) is 5.46. The lowest BCUT2D eigenvalue weighted by atomic mass is 10.3. The molecule has 84 valence electrons. The van der Waals surface area contributed by atoms with Crippen molar-refractivity contribution in [3.05, 3.63) is 23.5 Å². The zero-order valence-corrected chi connectivity index (χ0v) is 10.1. The first-order chi connectivity index (χ1) is 7.08. The Kier molecular flexibility index (Phi) is 4.85. The smallest absolute Gasteiger partial charge is 0.139 e. The minimum Gasteiger partial charge on any atom is -0.488 e. The van der Waals surface area contributed by atoms with E-state index in [2.05, 4.69) is 24.1 Å². The van der Waals surface area contributed by atoms with Gasteiger partial charge in [0.2, 0.25) is 0 Å². The molecule has 4 heteroatoms. The highest BCUT2D eigenvalue weighted by Crippen LogP contribution is 2.16. The van der Waals surface area contributed by atoms with Crippen LogP contribution in [0.25, 0.3) is 0 Å². The Labute approximate surface area is 95.8 Å². The van der Waals surface area contributed by atoms with Crippen LogP contribution in [0.1, 0.15) is 20.8 Å². The van der Waals surface area contributed by atoms with Crippen molar-refractivity contribution in [2.45, 2.75) is 32.9 Å². The Morgan fingerprint density at radius 3 is 2.73 bits per heavy atom. The number of hydrogen-bond acceptors (Lipinski definition) is 3. The molecule has 0 aliphatic rings. The first kappa shape index (κ1) is 12.3. The summed E-state index contributed by atoms with van der Waals surface area (Å²) in [6.07, 6.45) is 3.36. The molecule has 1 unspecified atom stereocenters. The third kappa shape index (κ3) is 5.00. The predicted octanol–water partition coefficient (Wildman–Crippen LogP) is 2.50. The van der Waals surface area contributed by atoms with Gasteiger partial charge >= 0.3 is 0 Å². The van der Waals surface area contributed by atoms with Gasteiger partial charge in [-0.1, -0.05) is 25.4 Å². The lowest BCUT2D eigenvalue weighted by Crippen LogP contribution is -2.33. The van der Waals surface area contributed by atoms with Gasteiger partial charge < -0.3 is 10.1 Å². The minimum absolute atomic E-state index is 0.104. The molecule has 0 saturated heterocycles. The highest BCUT2D eigenvalue weighted by molar-refractivity contribution is 6.30. The largest absolute Gasteiger partial charge is 0.488 e. The molecule has 0 aliphatic carbocycles. The maximum atomic E-state index is 5.80. The lowest BCUT2D eigenvalue weighted by Gasteiger charge is -2.16. The number of nitrogens with zero attached hydrogens (tertiary/aromatic N) is 1. The van der Waals surface area contributed by atoms with E-state index in [0.717, 1.165) is 6.54 Å². The molecule has 0 fully saturated rings. The summed E-state index contributed by atoms with van der Waals surface area (Å²) >= 11 is 5.80. The summed E-state index contributed by atoms with van der Waals surface area (Å²) in [7, 11) is 0. The number of rotatable bonds is 5. The fourth-order valence-corrected chi connectivity index (χ4v) is 1.30. The zero-order chi connectivity index (χ0) is 11.3. The number of aromatic nitrogens is 1. The van der Waals surface area contributed by atoms with Crippen LogP contribution < -0.4 is 10.1 Å². The lowest BCUT2D eigenvalue weighted by molar-refractivity contribution is 0.213. The molecule has 0 bridgehead atoms. The standard InChI is InChI=1S/C11H17ClN2O/c1-8(2)14-5-9(3)15-11-4-10(12)6-13-7-11/h4,6-9,14H,5H2,1-3H3. The van der Waals surface area contributed by atoms with E-state index < -0.39 is 0 Å². The Morgan fingerprint density at radius 2 is 2.13 bits per heavy atom. The van der Waals surface area contributed by atoms with E-state index in [4.69, 9.17) is 16.3 Å². The third-order valence-corrected chi connectivity index (χ3v) is 2.04. The van der Waals surface area contributed by atoms with Crippen LogP contribution in [-0.4, -0.2) is 23.7 Å². The molecule has 0 saturated carbocycles. The number of ether oxygens (including phenoxy) is 1. The van der Waals surface area contributed by atoms with Crippen molar-refractivity contribution in [1.82, 2.24) is 10.3 Å². The Hall–Kier alpha value is -0.800. The molecule has 1 atom stereocenters. The van der Waals surface area contributed by atoms with Gasteiger partial charge in [0, 0.05) is 24.8 Å². The van der Waals surface area contributed by atoms with E-state index in [0.29, 0.717) is 16.8 Å². The van der Waals surface area contributed by atoms with Crippen LogP contribution in [0.5, 0.6) is 5.75 Å². The van der Waals surface area contributed by atoms with Crippen LogP contribution in [0.15, 0.2) is 18.5 Å². The molecule has 1 N–H and O–H groups in total. The SMILES string of the molecule is CC(C)NCC(C)Oc1cncc(Cl)c1. The summed E-state index contributed by atoms with van der Waals surface area (Å²) < 4.78 is 5.64. The fraction of sp³-hybridized carbons (Fsp3) is 0.545. The van der Waals surface area contributed by atoms with Crippen LogP contribution in [-0.2, 0) is 0 Å². The van der Waals surface area contributed by atoms with Crippen molar-refractivity contribution < 1.29 is 4.74 Å². The van der Waals surface area contributed by atoms with Crippen LogP contribution in [0.2, 0.25) is 5.02 Å². The van der Waals surface area contributed by atoms with Crippen LogP contribution >= 0.6 is 11.6 Å². The predicted molar refractivity (Wildman–Crippen MR) is 62.5 cm³/mol. The van der Waals surface area contributed by atoms with Crippen molar-refractivity contribution in [3.8, 4) is 5.75 Å². The summed E-state index contributed by atoms with van der Waals surface area (Å²) in [4.78, 5) is 3.96. The first-order valence-electron chi connectivity index (χ1n) is 5.08. The normalized spacial score (nSPS) is 12.9. The highest BCUT2D eigenvalue weighted by atomic mass is 35.5. The molecular weight excluding hydrogens is 212 g/mol. The van der Waals surface area contributed by atoms with Gasteiger partial charge in [-0.05, 0) is 6.92 Å². The summed E-state index contributed by atoms with van der Waals surface area (Å²) in [5, 5.41) is 3.90. The van der Waals surface area contributed by atoms with E-state index in [-0.39, 0.29) is 6.10 Å². The van der Waals surface area contributed by atoms with Crippen LogP contribution in [0.4, 0.5) is 0 Å². The molecular formula is C11H17ClN2O. The molecule has 0 spiro atoms. The van der Waals surface area contributed by atoms with Crippen molar-refractivity contribution in [2.75, 3.05) is 6.54 Å². The number of hydrogen-bond donors (Lipinski definition) is 1. The average Bonchev–Trinajstić information content (AvgIpc) is 2.15. The van der Waals surface area contributed by atoms with Crippen LogP contribution in [0, 0.1) is 0 Å². The van der Waals surface area contributed by atoms with Crippen molar-refractivity contribution in [1.29, 1.82) is 0 Å². The Balaban J connectivity index is 2.40. The van der Waals surface area contributed by atoms with Gasteiger partial charge in [0.25, 0.3) is 0 Å². The van der Waals surface area contributed by atoms with Crippen molar-refractivity contribution >= 4 is 11.6 Å². The zero-order valence-electron chi connectivity index (χ0n) is 9.33. The van der Waals surface area contributed by atoms with E-state index in [1.807, 2.05) is 6.92 Å². The summed E-state index contributed by atoms with van der Waals surface area (Å²) in [6, 6.07) is 2.23. The monoisotopic (exact) mass is 228 g/mol. The van der Waals surface area contributed by atoms with Gasteiger partial charge in [0.15, 0.2) is 0 Å². The van der Waals surface area contributed by atoms with E-state index in [1.54, 1.807) is 18.5 Å². The second-order valence-corrected chi connectivity index (χ2v) is 4.27. The molecule has 0 amide bonds. The third-order valence-electron chi connectivity index (χ3n) is 1.83. The molecule has 15 heavy (non-hydrogen) atoms. The Morgan fingerprint density at radius 1 is 1.40 bits per heavy atom. The van der Waals surface area contributed by atoms with E-state index >= 15 is 0 Å². The summed E-state index contributed by atoms with van der Waals surface area (Å²) in [6.45, 7) is 7.03. The minimum atomic E-state index is 0.104. The quantitative estimate of drug-likeness (QED) is 0.841. The van der Waals surface area contributed by atoms with Gasteiger partial charge in [-0.15, -0.1) is 0 Å². The van der Waals surface area contributed by atoms with Crippen molar-refractivity contribution in [2.24, 2.45) is 0 Å². The second kappa shape index (κ2) is 5.93. The van der Waals surface area contributed by atoms with Gasteiger partial charge in [-0.3, -0.25) is 4.98 Å². The molecule has 1 rings (SSSR count). The molecule has 1 aromatic rings. The second-order valence-electron chi connectivity index (χ2n) is 3.83.